The van der Waals surface area contributed by atoms with Crippen molar-refractivity contribution in [1.29, 1.82) is 0 Å². The van der Waals surface area contributed by atoms with Crippen molar-refractivity contribution < 1.29 is 13.6 Å². The van der Waals surface area contributed by atoms with Gasteiger partial charge in [-0.1, -0.05) is 12.5 Å². The molecule has 0 spiro atoms. The van der Waals surface area contributed by atoms with Crippen LogP contribution in [-0.4, -0.2) is 53.2 Å². The van der Waals surface area contributed by atoms with Crippen LogP contribution < -0.4 is 5.73 Å². The van der Waals surface area contributed by atoms with E-state index in [-0.39, 0.29) is 34.5 Å². The molecule has 172 valence electrons. The average molecular weight is 462 g/mol. The Morgan fingerprint density at radius 2 is 2.12 bits per heavy atom. The lowest BCUT2D eigenvalue weighted by Gasteiger charge is -2.14. The zero-order valence-electron chi connectivity index (χ0n) is 18.3. The zero-order valence-corrected chi connectivity index (χ0v) is 18.3. The summed E-state index contributed by atoms with van der Waals surface area (Å²) < 4.78 is 32.7. The lowest BCUT2D eigenvalue weighted by Crippen LogP contribution is -2.27. The highest BCUT2D eigenvalue weighted by atomic mass is 19.2. The van der Waals surface area contributed by atoms with E-state index < -0.39 is 11.6 Å². The van der Waals surface area contributed by atoms with Crippen molar-refractivity contribution in [1.82, 2.24) is 34.2 Å². The first-order chi connectivity index (χ1) is 16.4. The fourth-order valence-corrected chi connectivity index (χ4v) is 4.23. The molecular formula is C23H20F2N8O. The van der Waals surface area contributed by atoms with Crippen LogP contribution in [0.3, 0.4) is 0 Å². The van der Waals surface area contributed by atoms with E-state index in [2.05, 4.69) is 38.5 Å². The molecule has 1 amide bonds. The smallest absolute Gasteiger partial charge is 0.246 e. The van der Waals surface area contributed by atoms with E-state index in [1.54, 1.807) is 9.58 Å². The lowest BCUT2D eigenvalue weighted by atomic mass is 10.1. The SMILES string of the molecule is C=CC(=O)N1CC[C@H](n2nc(C#Cc3cc4ncn(CC)c4c(F)c3F)c3c(N)ncnc32)C1. The number of fused-ring (bicyclic) bond motifs is 2. The number of hydrogen-bond donors (Lipinski definition) is 1. The molecule has 0 unspecified atom stereocenters. The number of anilines is 1. The first-order valence-electron chi connectivity index (χ1n) is 10.7. The van der Waals surface area contributed by atoms with E-state index in [0.29, 0.717) is 42.6 Å². The molecule has 1 aliphatic rings. The van der Waals surface area contributed by atoms with E-state index in [1.807, 2.05) is 6.92 Å². The van der Waals surface area contributed by atoms with E-state index in [0.717, 1.165) is 0 Å². The summed E-state index contributed by atoms with van der Waals surface area (Å²) in [5, 5.41) is 4.98. The van der Waals surface area contributed by atoms with E-state index in [9.17, 15) is 13.6 Å². The molecule has 4 heterocycles. The Kier molecular flexibility index (Phi) is 5.20. The molecule has 1 fully saturated rings. The van der Waals surface area contributed by atoms with Crippen LogP contribution in [0, 0.1) is 23.5 Å². The Hall–Kier alpha value is -4.33. The topological polar surface area (TPSA) is 108 Å². The van der Waals surface area contributed by atoms with Gasteiger partial charge >= 0.3 is 0 Å². The predicted molar refractivity (Wildman–Crippen MR) is 121 cm³/mol. The maximum absolute atomic E-state index is 14.8. The van der Waals surface area contributed by atoms with E-state index in [4.69, 9.17) is 5.73 Å². The number of nitrogens with two attached hydrogens (primary N) is 1. The molecule has 0 saturated carbocycles. The number of carbonyl (C=O) groups is 1. The number of halogens is 2. The molecule has 1 aliphatic heterocycles. The summed E-state index contributed by atoms with van der Waals surface area (Å²) in [7, 11) is 0. The van der Waals surface area contributed by atoms with Crippen molar-refractivity contribution in [3.05, 3.63) is 54.3 Å². The second-order valence-electron chi connectivity index (χ2n) is 7.88. The van der Waals surface area contributed by atoms with Crippen molar-refractivity contribution >= 4 is 33.8 Å². The van der Waals surface area contributed by atoms with Crippen LogP contribution in [0.4, 0.5) is 14.6 Å². The quantitative estimate of drug-likeness (QED) is 0.370. The number of likely N-dealkylation sites (tertiary alicyclic amines) is 1. The summed E-state index contributed by atoms with van der Waals surface area (Å²) in [6.45, 7) is 6.77. The Balaban J connectivity index is 1.59. The lowest BCUT2D eigenvalue weighted by molar-refractivity contribution is -0.125. The highest BCUT2D eigenvalue weighted by molar-refractivity contribution is 5.91. The van der Waals surface area contributed by atoms with Crippen LogP contribution >= 0.6 is 0 Å². The molecule has 3 aromatic heterocycles. The molecule has 0 bridgehead atoms. The molecule has 5 rings (SSSR count). The maximum atomic E-state index is 14.8. The van der Waals surface area contributed by atoms with Gasteiger partial charge in [-0.3, -0.25) is 4.79 Å². The Labute approximate surface area is 192 Å². The second kappa shape index (κ2) is 8.22. The summed E-state index contributed by atoms with van der Waals surface area (Å²) >= 11 is 0. The Morgan fingerprint density at radius 3 is 2.88 bits per heavy atom. The fraction of sp³-hybridized carbons (Fsp3) is 0.261. The summed E-state index contributed by atoms with van der Waals surface area (Å²) in [6, 6.07) is 1.25. The van der Waals surface area contributed by atoms with Crippen LogP contribution in [0.1, 0.15) is 30.6 Å². The van der Waals surface area contributed by atoms with Gasteiger partial charge in [0, 0.05) is 19.6 Å². The highest BCUT2D eigenvalue weighted by Gasteiger charge is 2.29. The number of hydrogen-bond acceptors (Lipinski definition) is 6. The number of nitrogens with zero attached hydrogens (tertiary/aromatic N) is 7. The summed E-state index contributed by atoms with van der Waals surface area (Å²) in [5.41, 5.74) is 7.03. The maximum Gasteiger partial charge on any atom is 0.246 e. The molecule has 34 heavy (non-hydrogen) atoms. The number of nitrogen functional groups attached to an aromatic ring is 1. The monoisotopic (exact) mass is 462 g/mol. The van der Waals surface area contributed by atoms with Crippen molar-refractivity contribution in [3.8, 4) is 11.8 Å². The van der Waals surface area contributed by atoms with Gasteiger partial charge in [-0.15, -0.1) is 0 Å². The van der Waals surface area contributed by atoms with Gasteiger partial charge in [0.15, 0.2) is 17.3 Å². The van der Waals surface area contributed by atoms with Gasteiger partial charge < -0.3 is 15.2 Å². The van der Waals surface area contributed by atoms with Crippen LogP contribution in [0.5, 0.6) is 0 Å². The standard InChI is InChI=1S/C23H20F2N8O/c1-3-17(34)32-8-7-14(10-32)33-23-18(22(26)27-11-28-23)15(30-33)6-5-13-9-16-21(20(25)19(13)24)31(4-2)12-29-16/h3,9,11-12,14H,1,4,7-8,10H2,2H3,(H2,26,27,28)/t14-/m0/s1. The zero-order chi connectivity index (χ0) is 24.0. The molecule has 11 heteroatoms. The van der Waals surface area contributed by atoms with Crippen LogP contribution in [0.15, 0.2) is 31.4 Å². The van der Waals surface area contributed by atoms with Gasteiger partial charge in [-0.25, -0.2) is 28.4 Å². The molecule has 1 aromatic carbocycles. The molecule has 2 N–H and O–H groups in total. The molecule has 1 atom stereocenters. The first-order valence-corrected chi connectivity index (χ1v) is 10.7. The molecule has 4 aromatic rings. The van der Waals surface area contributed by atoms with Crippen molar-refractivity contribution in [2.24, 2.45) is 0 Å². The van der Waals surface area contributed by atoms with Crippen molar-refractivity contribution in [2.75, 3.05) is 18.8 Å². The number of carbonyl (C=O) groups excluding carboxylic acids is 1. The van der Waals surface area contributed by atoms with Gasteiger partial charge in [0.05, 0.1) is 28.8 Å². The largest absolute Gasteiger partial charge is 0.383 e. The van der Waals surface area contributed by atoms with Crippen molar-refractivity contribution in [2.45, 2.75) is 25.9 Å². The molecule has 0 aliphatic carbocycles. The van der Waals surface area contributed by atoms with Gasteiger partial charge in [-0.05, 0) is 31.4 Å². The third-order valence-corrected chi connectivity index (χ3v) is 5.95. The molecule has 9 nitrogen and oxygen atoms in total. The minimum atomic E-state index is -1.06. The van der Waals surface area contributed by atoms with Gasteiger partial charge in [-0.2, -0.15) is 5.10 Å². The van der Waals surface area contributed by atoms with Gasteiger partial charge in [0.1, 0.15) is 23.4 Å². The molecule has 0 radical (unpaired) electrons. The third-order valence-electron chi connectivity index (χ3n) is 5.95. The Morgan fingerprint density at radius 1 is 1.29 bits per heavy atom. The van der Waals surface area contributed by atoms with Gasteiger partial charge in [0.2, 0.25) is 5.91 Å². The second-order valence-corrected chi connectivity index (χ2v) is 7.88. The highest BCUT2D eigenvalue weighted by Crippen LogP contribution is 2.29. The summed E-state index contributed by atoms with van der Waals surface area (Å²) in [5.74, 6) is 3.42. The number of aryl methyl sites for hydroxylation is 1. The third kappa shape index (κ3) is 3.35. The number of imidazole rings is 1. The summed E-state index contributed by atoms with van der Waals surface area (Å²) in [6.07, 6.45) is 4.71. The minimum absolute atomic E-state index is 0.0952. The van der Waals surface area contributed by atoms with Crippen LogP contribution in [0.2, 0.25) is 0 Å². The van der Waals surface area contributed by atoms with Crippen LogP contribution in [0.25, 0.3) is 22.1 Å². The Bertz CT molecular complexity index is 1530. The summed E-state index contributed by atoms with van der Waals surface area (Å²) in [4.78, 5) is 26.1. The number of aromatic nitrogens is 6. The average Bonchev–Trinajstić information content (AvgIpc) is 3.57. The molecule has 1 saturated heterocycles. The number of benzene rings is 1. The van der Waals surface area contributed by atoms with Crippen LogP contribution in [-0.2, 0) is 11.3 Å². The molecular weight excluding hydrogens is 442 g/mol. The van der Waals surface area contributed by atoms with Gasteiger partial charge in [0.25, 0.3) is 0 Å². The normalized spacial score (nSPS) is 15.6. The van der Waals surface area contributed by atoms with E-state index in [1.165, 1.54) is 29.4 Å². The number of rotatable bonds is 3. The fourth-order valence-electron chi connectivity index (χ4n) is 4.23. The van der Waals surface area contributed by atoms with E-state index >= 15 is 0 Å². The first kappa shape index (κ1) is 21.5. The predicted octanol–water partition coefficient (Wildman–Crippen LogP) is 2.42. The number of amides is 1. The minimum Gasteiger partial charge on any atom is -0.383 e. The van der Waals surface area contributed by atoms with Crippen molar-refractivity contribution in [3.63, 3.8) is 0 Å².